The Labute approximate surface area is 184 Å². The second kappa shape index (κ2) is 7.74. The van der Waals surface area contributed by atoms with E-state index in [2.05, 4.69) is 15.9 Å². The summed E-state index contributed by atoms with van der Waals surface area (Å²) in [4.78, 5) is 40.1. The first-order valence-electron chi connectivity index (χ1n) is 8.52. The molecule has 2 aliphatic heterocycles. The van der Waals surface area contributed by atoms with Crippen LogP contribution in [0.5, 0.6) is 0 Å². The molecule has 6 nitrogen and oxygen atoms in total. The van der Waals surface area contributed by atoms with Gasteiger partial charge in [-0.3, -0.25) is 19.3 Å². The van der Waals surface area contributed by atoms with E-state index in [0.29, 0.717) is 17.8 Å². The number of benzene rings is 2. The number of aliphatic carboxylic acids is 1. The Bertz CT molecular complexity index is 1100. The number of carboxylic acids is 1. The molecular formula is C20H13BrN2O4S2. The average molecular weight is 489 g/mol. The van der Waals surface area contributed by atoms with Crippen molar-refractivity contribution in [3.8, 4) is 0 Å². The van der Waals surface area contributed by atoms with Gasteiger partial charge in [-0.2, -0.15) is 0 Å². The van der Waals surface area contributed by atoms with Crippen LogP contribution in [0.1, 0.15) is 11.1 Å². The summed E-state index contributed by atoms with van der Waals surface area (Å²) < 4.78 is 0.898. The minimum absolute atomic E-state index is 0.130. The first kappa shape index (κ1) is 19.8. The van der Waals surface area contributed by atoms with Gasteiger partial charge in [-0.05, 0) is 23.8 Å². The molecule has 4 rings (SSSR count). The van der Waals surface area contributed by atoms with Crippen molar-refractivity contribution < 1.29 is 19.5 Å². The molecule has 0 unspecified atom stereocenters. The van der Waals surface area contributed by atoms with Crippen molar-refractivity contribution in [1.29, 1.82) is 0 Å². The number of halogens is 1. The molecule has 0 radical (unpaired) electrons. The van der Waals surface area contributed by atoms with Crippen molar-refractivity contribution in [2.24, 2.45) is 0 Å². The SMILES string of the molecule is O=C(O)CN1C(=O)C(=C2C(=O)N(Cc3ccccc3)c3ccc(Br)cc32)SC1=S. The van der Waals surface area contributed by atoms with Crippen molar-refractivity contribution in [1.82, 2.24) is 4.90 Å². The number of carbonyl (C=O) groups excluding carboxylic acids is 2. The summed E-state index contributed by atoms with van der Waals surface area (Å²) in [7, 11) is 0. The summed E-state index contributed by atoms with van der Waals surface area (Å²) in [5.41, 5.74) is 2.52. The maximum absolute atomic E-state index is 13.4. The lowest BCUT2D eigenvalue weighted by molar-refractivity contribution is -0.140. The van der Waals surface area contributed by atoms with Crippen molar-refractivity contribution in [2.75, 3.05) is 11.4 Å². The number of thiocarbonyl (C=S) groups is 1. The molecule has 29 heavy (non-hydrogen) atoms. The van der Waals surface area contributed by atoms with Crippen LogP contribution in [0.4, 0.5) is 5.69 Å². The maximum atomic E-state index is 13.4. The Kier molecular flexibility index (Phi) is 5.28. The molecule has 0 bridgehead atoms. The van der Waals surface area contributed by atoms with E-state index in [1.54, 1.807) is 11.0 Å². The molecule has 0 aromatic heterocycles. The van der Waals surface area contributed by atoms with Gasteiger partial charge in [-0.1, -0.05) is 70.2 Å². The number of hydrogen-bond donors (Lipinski definition) is 1. The molecule has 0 spiro atoms. The highest BCUT2D eigenvalue weighted by molar-refractivity contribution is 9.10. The third-order valence-corrected chi connectivity index (χ3v) is 6.47. The molecule has 1 N–H and O–H groups in total. The molecule has 0 saturated carbocycles. The number of fused-ring (bicyclic) bond motifs is 1. The smallest absolute Gasteiger partial charge is 0.323 e. The topological polar surface area (TPSA) is 77.9 Å². The zero-order valence-electron chi connectivity index (χ0n) is 14.8. The predicted molar refractivity (Wildman–Crippen MR) is 118 cm³/mol. The van der Waals surface area contributed by atoms with Crippen LogP contribution in [0, 0.1) is 0 Å². The van der Waals surface area contributed by atoms with Gasteiger partial charge in [-0.25, -0.2) is 0 Å². The fourth-order valence-corrected chi connectivity index (χ4v) is 4.95. The van der Waals surface area contributed by atoms with E-state index in [1.165, 1.54) is 0 Å². The van der Waals surface area contributed by atoms with Crippen LogP contribution in [-0.4, -0.2) is 38.7 Å². The molecule has 1 fully saturated rings. The van der Waals surface area contributed by atoms with Crippen LogP contribution < -0.4 is 4.90 Å². The number of nitrogens with zero attached hydrogens (tertiary/aromatic N) is 2. The molecule has 1 saturated heterocycles. The lowest BCUT2D eigenvalue weighted by atomic mass is 10.1. The monoisotopic (exact) mass is 488 g/mol. The summed E-state index contributed by atoms with van der Waals surface area (Å²) in [5.74, 6) is -2.03. The standard InChI is InChI=1S/C20H13BrN2O4S2/c21-12-6-7-14-13(8-12)16(17-19(27)23(10-15(24)25)20(28)29-17)18(26)22(14)9-11-4-2-1-3-5-11/h1-8H,9-10H2,(H,24,25). The summed E-state index contributed by atoms with van der Waals surface area (Å²) in [6, 6.07) is 15.0. The highest BCUT2D eigenvalue weighted by Crippen LogP contribution is 2.45. The molecule has 146 valence electrons. The lowest BCUT2D eigenvalue weighted by Crippen LogP contribution is -2.33. The Morgan fingerprint density at radius 2 is 1.79 bits per heavy atom. The van der Waals surface area contributed by atoms with Gasteiger partial charge in [0.25, 0.3) is 11.8 Å². The number of hydrogen-bond acceptors (Lipinski definition) is 5. The van der Waals surface area contributed by atoms with Gasteiger partial charge in [0.15, 0.2) is 0 Å². The van der Waals surface area contributed by atoms with E-state index >= 15 is 0 Å². The fraction of sp³-hybridized carbons (Fsp3) is 0.100. The van der Waals surface area contributed by atoms with Crippen LogP contribution >= 0.6 is 39.9 Å². The van der Waals surface area contributed by atoms with E-state index in [0.717, 1.165) is 26.7 Å². The first-order valence-corrected chi connectivity index (χ1v) is 10.5. The number of amides is 2. The number of carbonyl (C=O) groups is 3. The predicted octanol–water partition coefficient (Wildman–Crippen LogP) is 3.65. The van der Waals surface area contributed by atoms with Gasteiger partial charge in [0.05, 0.1) is 22.7 Å². The van der Waals surface area contributed by atoms with E-state index in [9.17, 15) is 14.4 Å². The molecule has 2 aromatic carbocycles. The molecule has 0 atom stereocenters. The van der Waals surface area contributed by atoms with Gasteiger partial charge in [0.2, 0.25) is 0 Å². The second-order valence-electron chi connectivity index (χ2n) is 6.40. The second-order valence-corrected chi connectivity index (χ2v) is 8.96. The fourth-order valence-electron chi connectivity index (χ4n) is 3.27. The van der Waals surface area contributed by atoms with E-state index in [4.69, 9.17) is 17.3 Å². The summed E-state index contributed by atoms with van der Waals surface area (Å²) in [6.45, 7) is -0.179. The molecule has 2 heterocycles. The lowest BCUT2D eigenvalue weighted by Gasteiger charge is -2.17. The summed E-state index contributed by atoms with van der Waals surface area (Å²) in [6.07, 6.45) is 0. The van der Waals surface area contributed by atoms with Crippen molar-refractivity contribution >= 4 is 73.3 Å². The number of anilines is 1. The Morgan fingerprint density at radius 1 is 1.07 bits per heavy atom. The quantitative estimate of drug-likeness (QED) is 0.522. The molecule has 2 aromatic rings. The summed E-state index contributed by atoms with van der Waals surface area (Å²) >= 11 is 9.57. The van der Waals surface area contributed by atoms with E-state index in [1.807, 2.05) is 42.5 Å². The van der Waals surface area contributed by atoms with Crippen molar-refractivity contribution in [3.63, 3.8) is 0 Å². The van der Waals surface area contributed by atoms with E-state index < -0.39 is 18.4 Å². The molecule has 0 aliphatic carbocycles. The molecule has 9 heteroatoms. The number of rotatable bonds is 4. The van der Waals surface area contributed by atoms with Crippen molar-refractivity contribution in [2.45, 2.75) is 6.54 Å². The Hall–Kier alpha value is -2.49. The third-order valence-electron chi connectivity index (χ3n) is 4.53. The van der Waals surface area contributed by atoms with Gasteiger partial charge in [0, 0.05) is 10.0 Å². The minimum Gasteiger partial charge on any atom is -0.480 e. The molecule has 2 aliphatic rings. The van der Waals surface area contributed by atoms with Crippen LogP contribution in [0.15, 0.2) is 57.9 Å². The van der Waals surface area contributed by atoms with Gasteiger partial charge in [-0.15, -0.1) is 0 Å². The summed E-state index contributed by atoms with van der Waals surface area (Å²) in [5, 5.41) is 9.05. The number of thioether (sulfide) groups is 1. The zero-order valence-corrected chi connectivity index (χ0v) is 18.0. The molecular weight excluding hydrogens is 476 g/mol. The van der Waals surface area contributed by atoms with Crippen molar-refractivity contribution in [3.05, 3.63) is 69.0 Å². The first-order chi connectivity index (χ1) is 13.9. The highest BCUT2D eigenvalue weighted by atomic mass is 79.9. The minimum atomic E-state index is -1.17. The van der Waals surface area contributed by atoms with E-state index in [-0.39, 0.29) is 20.7 Å². The third kappa shape index (κ3) is 3.61. The zero-order chi connectivity index (χ0) is 20.7. The average Bonchev–Trinajstić information content (AvgIpc) is 3.10. The Morgan fingerprint density at radius 3 is 2.48 bits per heavy atom. The Balaban J connectivity index is 1.81. The highest BCUT2D eigenvalue weighted by Gasteiger charge is 2.42. The maximum Gasteiger partial charge on any atom is 0.323 e. The van der Waals surface area contributed by atoms with Gasteiger partial charge < -0.3 is 10.0 Å². The van der Waals surface area contributed by atoms with Gasteiger partial charge >= 0.3 is 5.97 Å². The molecule has 2 amide bonds. The normalized spacial score (nSPS) is 18.6. The van der Waals surface area contributed by atoms with Crippen LogP contribution in [0.3, 0.4) is 0 Å². The number of carboxylic acid groups (broad SMARTS) is 1. The van der Waals surface area contributed by atoms with Crippen LogP contribution in [-0.2, 0) is 20.9 Å². The largest absolute Gasteiger partial charge is 0.480 e. The van der Waals surface area contributed by atoms with Gasteiger partial charge in [0.1, 0.15) is 10.9 Å². The van der Waals surface area contributed by atoms with Crippen LogP contribution in [0.25, 0.3) is 5.57 Å². The van der Waals surface area contributed by atoms with Crippen LogP contribution in [0.2, 0.25) is 0 Å².